The lowest BCUT2D eigenvalue weighted by Crippen LogP contribution is -2.60. The maximum atomic E-state index is 12.8. The molecule has 1 saturated heterocycles. The number of amides is 2. The number of ether oxygens (including phenoxy) is 1. The standard InChI is InChI=1S/C29H39N3O4S/c1-2-3-4-5-6-7-8-11-19-36-27(34)21-25-28(35)30-17-18-32(25)29(37)31-26(33)20-23-15-12-14-22-13-9-10-16-24(22)23/h9-10,12-16,25H,2-8,11,17-21H2,1H3,(H,30,35)(H,31,33,37). The van der Waals surface area contributed by atoms with E-state index in [1.807, 2.05) is 42.5 Å². The number of carbonyl (C=O) groups is 3. The third kappa shape index (κ3) is 9.11. The van der Waals surface area contributed by atoms with E-state index in [0.717, 1.165) is 35.6 Å². The molecule has 0 radical (unpaired) electrons. The van der Waals surface area contributed by atoms with Crippen molar-refractivity contribution >= 4 is 45.9 Å². The number of hydrogen-bond acceptors (Lipinski definition) is 5. The zero-order valence-electron chi connectivity index (χ0n) is 21.8. The van der Waals surface area contributed by atoms with Gasteiger partial charge in [-0.25, -0.2) is 0 Å². The molecule has 37 heavy (non-hydrogen) atoms. The van der Waals surface area contributed by atoms with Gasteiger partial charge in [-0.15, -0.1) is 0 Å². The van der Waals surface area contributed by atoms with Crippen molar-refractivity contribution in [2.24, 2.45) is 0 Å². The third-order valence-electron chi connectivity index (χ3n) is 6.69. The first-order valence-corrected chi connectivity index (χ1v) is 13.9. The summed E-state index contributed by atoms with van der Waals surface area (Å²) in [6, 6.07) is 12.9. The second-order valence-electron chi connectivity index (χ2n) is 9.57. The van der Waals surface area contributed by atoms with E-state index in [1.165, 1.54) is 32.1 Å². The Kier molecular flexibility index (Phi) is 11.8. The van der Waals surface area contributed by atoms with E-state index in [-0.39, 0.29) is 29.8 Å². The second-order valence-corrected chi connectivity index (χ2v) is 9.95. The van der Waals surface area contributed by atoms with Gasteiger partial charge in [0.05, 0.1) is 19.4 Å². The topological polar surface area (TPSA) is 87.7 Å². The van der Waals surface area contributed by atoms with Gasteiger partial charge in [0.15, 0.2) is 5.11 Å². The van der Waals surface area contributed by atoms with Crippen LogP contribution < -0.4 is 10.6 Å². The van der Waals surface area contributed by atoms with Gasteiger partial charge in [-0.1, -0.05) is 94.3 Å². The molecule has 2 aromatic carbocycles. The number of nitrogens with one attached hydrogen (secondary N) is 2. The summed E-state index contributed by atoms with van der Waals surface area (Å²) in [6.07, 6.45) is 9.35. The summed E-state index contributed by atoms with van der Waals surface area (Å²) in [5, 5.41) is 7.77. The molecule has 1 atom stereocenters. The van der Waals surface area contributed by atoms with Gasteiger partial charge < -0.3 is 20.3 Å². The van der Waals surface area contributed by atoms with Crippen molar-refractivity contribution in [3.8, 4) is 0 Å². The normalized spacial score (nSPS) is 15.3. The third-order valence-corrected chi connectivity index (χ3v) is 7.03. The first-order valence-electron chi connectivity index (χ1n) is 13.5. The van der Waals surface area contributed by atoms with Crippen LogP contribution in [0.4, 0.5) is 0 Å². The predicted octanol–water partition coefficient (Wildman–Crippen LogP) is 4.66. The number of hydrogen-bond donors (Lipinski definition) is 2. The van der Waals surface area contributed by atoms with Crippen LogP contribution in [-0.2, 0) is 25.5 Å². The van der Waals surface area contributed by atoms with Gasteiger partial charge in [-0.2, -0.15) is 0 Å². The fraction of sp³-hybridized carbons (Fsp3) is 0.517. The number of nitrogens with zero attached hydrogens (tertiary/aromatic N) is 1. The minimum absolute atomic E-state index is 0.109. The number of esters is 1. The molecule has 7 nitrogen and oxygen atoms in total. The van der Waals surface area contributed by atoms with Crippen molar-refractivity contribution in [1.29, 1.82) is 0 Å². The molecule has 0 spiro atoms. The Morgan fingerprint density at radius 2 is 1.73 bits per heavy atom. The maximum Gasteiger partial charge on any atom is 0.308 e. The van der Waals surface area contributed by atoms with Gasteiger partial charge in [0.2, 0.25) is 11.8 Å². The highest BCUT2D eigenvalue weighted by molar-refractivity contribution is 7.80. The summed E-state index contributed by atoms with van der Waals surface area (Å²) in [6.45, 7) is 3.37. The van der Waals surface area contributed by atoms with Crippen LogP contribution in [0.25, 0.3) is 10.8 Å². The molecule has 1 heterocycles. The molecule has 1 aliphatic rings. The fourth-order valence-electron chi connectivity index (χ4n) is 4.65. The second kappa shape index (κ2) is 15.3. The van der Waals surface area contributed by atoms with Crippen molar-refractivity contribution in [1.82, 2.24) is 15.5 Å². The van der Waals surface area contributed by atoms with Crippen molar-refractivity contribution in [2.75, 3.05) is 19.7 Å². The summed E-state index contributed by atoms with van der Waals surface area (Å²) >= 11 is 5.48. The summed E-state index contributed by atoms with van der Waals surface area (Å²) < 4.78 is 5.39. The Bertz CT molecular complexity index is 1070. The van der Waals surface area contributed by atoms with Gasteiger partial charge in [-0.05, 0) is 35.0 Å². The fourth-order valence-corrected chi connectivity index (χ4v) is 4.99. The molecule has 2 aromatic rings. The zero-order chi connectivity index (χ0) is 26.5. The van der Waals surface area contributed by atoms with Gasteiger partial charge in [-0.3, -0.25) is 14.4 Å². The smallest absolute Gasteiger partial charge is 0.308 e. The highest BCUT2D eigenvalue weighted by atomic mass is 32.1. The first kappa shape index (κ1) is 28.6. The van der Waals surface area contributed by atoms with Crippen molar-refractivity contribution in [2.45, 2.75) is 77.2 Å². The molecule has 1 fully saturated rings. The molecule has 0 aromatic heterocycles. The van der Waals surface area contributed by atoms with Gasteiger partial charge in [0.1, 0.15) is 6.04 Å². The molecule has 1 unspecified atom stereocenters. The number of carbonyl (C=O) groups excluding carboxylic acids is 3. The number of unbranched alkanes of at least 4 members (excludes halogenated alkanes) is 7. The lowest BCUT2D eigenvalue weighted by molar-refractivity contribution is -0.147. The largest absolute Gasteiger partial charge is 0.466 e. The lowest BCUT2D eigenvalue weighted by Gasteiger charge is -2.36. The number of benzene rings is 2. The molecule has 1 aliphatic heterocycles. The number of rotatable bonds is 13. The van der Waals surface area contributed by atoms with E-state index >= 15 is 0 Å². The molecule has 2 amide bonds. The molecule has 200 valence electrons. The lowest BCUT2D eigenvalue weighted by atomic mass is 10.0. The van der Waals surface area contributed by atoms with E-state index in [2.05, 4.69) is 17.6 Å². The Hall–Kier alpha value is -3.00. The zero-order valence-corrected chi connectivity index (χ0v) is 22.6. The van der Waals surface area contributed by atoms with Crippen molar-refractivity contribution in [3.05, 3.63) is 48.0 Å². The summed E-state index contributed by atoms with van der Waals surface area (Å²) in [4.78, 5) is 39.4. The van der Waals surface area contributed by atoms with E-state index < -0.39 is 12.0 Å². The van der Waals surface area contributed by atoms with Crippen LogP contribution in [0.15, 0.2) is 42.5 Å². The average Bonchev–Trinajstić information content (AvgIpc) is 2.89. The van der Waals surface area contributed by atoms with Gasteiger partial charge in [0.25, 0.3) is 0 Å². The molecule has 3 rings (SSSR count). The maximum absolute atomic E-state index is 12.8. The van der Waals surface area contributed by atoms with Crippen LogP contribution in [0.3, 0.4) is 0 Å². The van der Waals surface area contributed by atoms with E-state index in [0.29, 0.717) is 19.7 Å². The Morgan fingerprint density at radius 1 is 1.03 bits per heavy atom. The van der Waals surface area contributed by atoms with E-state index in [4.69, 9.17) is 17.0 Å². The van der Waals surface area contributed by atoms with Crippen LogP contribution in [0.2, 0.25) is 0 Å². The van der Waals surface area contributed by atoms with Crippen LogP contribution in [0, 0.1) is 0 Å². The highest BCUT2D eigenvalue weighted by Crippen LogP contribution is 2.19. The molecule has 2 N–H and O–H groups in total. The molecule has 0 saturated carbocycles. The highest BCUT2D eigenvalue weighted by Gasteiger charge is 2.34. The van der Waals surface area contributed by atoms with Crippen LogP contribution in [-0.4, -0.2) is 53.5 Å². The Labute approximate surface area is 225 Å². The van der Waals surface area contributed by atoms with E-state index in [9.17, 15) is 14.4 Å². The number of thiocarbonyl (C=S) groups is 1. The van der Waals surface area contributed by atoms with Gasteiger partial charge >= 0.3 is 5.97 Å². The summed E-state index contributed by atoms with van der Waals surface area (Å²) in [5.74, 6) is -0.982. The van der Waals surface area contributed by atoms with Crippen LogP contribution in [0.5, 0.6) is 0 Å². The average molecular weight is 526 g/mol. The monoisotopic (exact) mass is 525 g/mol. The van der Waals surface area contributed by atoms with Gasteiger partial charge in [0, 0.05) is 13.1 Å². The Balaban J connectivity index is 1.45. The van der Waals surface area contributed by atoms with Crippen LogP contribution in [0.1, 0.15) is 70.3 Å². The minimum atomic E-state index is -0.801. The molecular formula is C29H39N3O4S. The minimum Gasteiger partial charge on any atom is -0.466 e. The summed E-state index contributed by atoms with van der Waals surface area (Å²) in [5.41, 5.74) is 0.899. The molecule has 0 aliphatic carbocycles. The molecule has 0 bridgehead atoms. The summed E-state index contributed by atoms with van der Waals surface area (Å²) in [7, 11) is 0. The van der Waals surface area contributed by atoms with Crippen LogP contribution >= 0.6 is 12.2 Å². The number of fused-ring (bicyclic) bond motifs is 1. The van der Waals surface area contributed by atoms with E-state index in [1.54, 1.807) is 4.90 Å². The van der Waals surface area contributed by atoms with Crippen molar-refractivity contribution < 1.29 is 19.1 Å². The first-order chi connectivity index (χ1) is 18.0. The Morgan fingerprint density at radius 3 is 2.51 bits per heavy atom. The SMILES string of the molecule is CCCCCCCCCCOC(=O)CC1C(=O)NCCN1C(=S)NC(=O)Cc1cccc2ccccc12. The van der Waals surface area contributed by atoms with Crippen molar-refractivity contribution in [3.63, 3.8) is 0 Å². The number of piperazine rings is 1. The molecular weight excluding hydrogens is 486 g/mol. The quantitative estimate of drug-likeness (QED) is 0.225. The predicted molar refractivity (Wildman–Crippen MR) is 150 cm³/mol. The molecule has 8 heteroatoms.